The molecule has 0 saturated heterocycles. The topological polar surface area (TPSA) is 38.8 Å². The molecule has 1 aliphatic heterocycles. The number of nitrogens with zero attached hydrogens (tertiary/aromatic N) is 1. The molecule has 1 aromatic rings. The van der Waals surface area contributed by atoms with Gasteiger partial charge in [0.15, 0.2) is 11.5 Å². The smallest absolute Gasteiger partial charge is 0.315 e. The molecular weight excluding hydrogens is 292 g/mol. The Morgan fingerprint density at radius 2 is 1.82 bits per heavy atom. The van der Waals surface area contributed by atoms with Gasteiger partial charge in [-0.15, -0.1) is 0 Å². The standard InChI is InChI=1S/C16H21F2NO3/c1-9-5-11-6-13(21-3)14(22-4)7-12(11)10(2)19(8-9)16(20)15(17)18/h6-7,9-10,15H,5,8H2,1-4H3. The first-order chi connectivity index (χ1) is 10.4. The van der Waals surface area contributed by atoms with Crippen molar-refractivity contribution in [2.24, 2.45) is 5.92 Å². The molecule has 122 valence electrons. The fraction of sp³-hybridized carbons (Fsp3) is 0.562. The van der Waals surface area contributed by atoms with Crippen LogP contribution in [0, 0.1) is 5.92 Å². The molecule has 1 heterocycles. The van der Waals surface area contributed by atoms with Gasteiger partial charge in [-0.2, -0.15) is 8.78 Å². The van der Waals surface area contributed by atoms with Crippen LogP contribution >= 0.6 is 0 Å². The summed E-state index contributed by atoms with van der Waals surface area (Å²) in [6, 6.07) is 3.22. The predicted molar refractivity (Wildman–Crippen MR) is 78.5 cm³/mol. The molecular formula is C16H21F2NO3. The van der Waals surface area contributed by atoms with Gasteiger partial charge >= 0.3 is 6.43 Å². The zero-order valence-corrected chi connectivity index (χ0v) is 13.2. The number of hydrogen-bond acceptors (Lipinski definition) is 3. The van der Waals surface area contributed by atoms with Crippen molar-refractivity contribution in [3.05, 3.63) is 23.3 Å². The van der Waals surface area contributed by atoms with Gasteiger partial charge in [0.1, 0.15) is 0 Å². The van der Waals surface area contributed by atoms with Crippen molar-refractivity contribution in [3.63, 3.8) is 0 Å². The summed E-state index contributed by atoms with van der Waals surface area (Å²) in [5.74, 6) is 0.105. The number of rotatable bonds is 3. The molecule has 0 fully saturated rings. The van der Waals surface area contributed by atoms with E-state index in [0.29, 0.717) is 24.5 Å². The van der Waals surface area contributed by atoms with E-state index in [-0.39, 0.29) is 5.92 Å². The van der Waals surface area contributed by atoms with E-state index in [1.54, 1.807) is 20.1 Å². The van der Waals surface area contributed by atoms with Crippen LogP contribution in [-0.4, -0.2) is 38.0 Å². The summed E-state index contributed by atoms with van der Waals surface area (Å²) in [6.07, 6.45) is -2.29. The third-order valence-electron chi connectivity index (χ3n) is 4.11. The number of benzene rings is 1. The summed E-state index contributed by atoms with van der Waals surface area (Å²) in [5, 5.41) is 0. The minimum absolute atomic E-state index is 0.0875. The minimum atomic E-state index is -2.99. The van der Waals surface area contributed by atoms with Crippen molar-refractivity contribution in [1.29, 1.82) is 0 Å². The third kappa shape index (κ3) is 3.00. The van der Waals surface area contributed by atoms with Crippen LogP contribution in [-0.2, 0) is 11.2 Å². The van der Waals surface area contributed by atoms with Gasteiger partial charge in [0, 0.05) is 6.54 Å². The van der Waals surface area contributed by atoms with Crippen molar-refractivity contribution < 1.29 is 23.0 Å². The molecule has 4 nitrogen and oxygen atoms in total. The maximum absolute atomic E-state index is 12.9. The molecule has 0 aromatic heterocycles. The summed E-state index contributed by atoms with van der Waals surface area (Å²) < 4.78 is 36.3. The van der Waals surface area contributed by atoms with E-state index >= 15 is 0 Å². The molecule has 1 aliphatic rings. The number of fused-ring (bicyclic) bond motifs is 1. The Morgan fingerprint density at radius 1 is 1.23 bits per heavy atom. The third-order valence-corrected chi connectivity index (χ3v) is 4.11. The van der Waals surface area contributed by atoms with E-state index in [0.717, 1.165) is 11.1 Å². The van der Waals surface area contributed by atoms with Crippen molar-refractivity contribution in [3.8, 4) is 11.5 Å². The van der Waals surface area contributed by atoms with Crippen LogP contribution in [0.2, 0.25) is 0 Å². The van der Waals surface area contributed by atoms with E-state index in [1.165, 1.54) is 12.0 Å². The zero-order valence-electron chi connectivity index (χ0n) is 13.2. The van der Waals surface area contributed by atoms with Gasteiger partial charge in [-0.05, 0) is 42.5 Å². The van der Waals surface area contributed by atoms with Gasteiger partial charge in [-0.3, -0.25) is 4.79 Å². The van der Waals surface area contributed by atoms with Gasteiger partial charge in [0.25, 0.3) is 5.91 Å². The zero-order chi connectivity index (χ0) is 16.4. The number of halogens is 2. The van der Waals surface area contributed by atoms with Gasteiger partial charge in [-0.1, -0.05) is 6.92 Å². The van der Waals surface area contributed by atoms with Gasteiger partial charge in [-0.25, -0.2) is 0 Å². The second-order valence-electron chi connectivity index (χ2n) is 5.68. The quantitative estimate of drug-likeness (QED) is 0.861. The van der Waals surface area contributed by atoms with Crippen molar-refractivity contribution in [2.75, 3.05) is 20.8 Å². The number of carbonyl (C=O) groups is 1. The first kappa shape index (κ1) is 16.5. The number of amides is 1. The van der Waals surface area contributed by atoms with E-state index in [1.807, 2.05) is 13.0 Å². The fourth-order valence-electron chi connectivity index (χ4n) is 3.01. The van der Waals surface area contributed by atoms with Crippen LogP contribution in [0.25, 0.3) is 0 Å². The average molecular weight is 313 g/mol. The Labute approximate surface area is 129 Å². The number of carbonyl (C=O) groups excluding carboxylic acids is 1. The first-order valence-electron chi connectivity index (χ1n) is 7.22. The maximum Gasteiger partial charge on any atom is 0.315 e. The SMILES string of the molecule is COc1cc2c(cc1OC)C(C)N(C(=O)C(F)F)CC(C)C2. The molecule has 6 heteroatoms. The molecule has 2 atom stereocenters. The lowest BCUT2D eigenvalue weighted by Gasteiger charge is -2.29. The highest BCUT2D eigenvalue weighted by atomic mass is 19.3. The van der Waals surface area contributed by atoms with E-state index in [4.69, 9.17) is 9.47 Å². The summed E-state index contributed by atoms with van der Waals surface area (Å²) in [6.45, 7) is 4.02. The van der Waals surface area contributed by atoms with Crippen LogP contribution in [0.3, 0.4) is 0 Å². The molecule has 0 saturated carbocycles. The molecule has 1 aromatic carbocycles. The second kappa shape index (κ2) is 6.50. The summed E-state index contributed by atoms with van der Waals surface area (Å²) in [7, 11) is 3.08. The fourth-order valence-corrected chi connectivity index (χ4v) is 3.01. The largest absolute Gasteiger partial charge is 0.493 e. The number of alkyl halides is 2. The van der Waals surface area contributed by atoms with Gasteiger partial charge in [0.2, 0.25) is 0 Å². The average Bonchev–Trinajstić information content (AvgIpc) is 2.61. The molecule has 2 rings (SSSR count). The van der Waals surface area contributed by atoms with E-state index < -0.39 is 18.4 Å². The Balaban J connectivity index is 2.50. The number of methoxy groups -OCH3 is 2. The Hall–Kier alpha value is -1.85. The monoisotopic (exact) mass is 313 g/mol. The van der Waals surface area contributed by atoms with E-state index in [9.17, 15) is 13.6 Å². The Kier molecular flexibility index (Phi) is 4.88. The normalized spacial score (nSPS) is 21.3. The van der Waals surface area contributed by atoms with Crippen LogP contribution in [0.15, 0.2) is 12.1 Å². The summed E-state index contributed by atoms with van der Waals surface area (Å²) in [5.41, 5.74) is 1.83. The van der Waals surface area contributed by atoms with Crippen molar-refractivity contribution >= 4 is 5.91 Å². The van der Waals surface area contributed by atoms with Crippen LogP contribution in [0.4, 0.5) is 8.78 Å². The number of hydrogen-bond donors (Lipinski definition) is 0. The molecule has 0 aliphatic carbocycles. The summed E-state index contributed by atoms with van der Waals surface area (Å²) in [4.78, 5) is 13.1. The molecule has 2 unspecified atom stereocenters. The Bertz CT molecular complexity index is 563. The second-order valence-corrected chi connectivity index (χ2v) is 5.68. The van der Waals surface area contributed by atoms with Gasteiger partial charge in [0.05, 0.1) is 20.3 Å². The molecule has 22 heavy (non-hydrogen) atoms. The van der Waals surface area contributed by atoms with Crippen LogP contribution in [0.5, 0.6) is 11.5 Å². The first-order valence-corrected chi connectivity index (χ1v) is 7.22. The predicted octanol–water partition coefficient (Wildman–Crippen LogP) is 3.05. The molecule has 0 N–H and O–H groups in total. The highest BCUT2D eigenvalue weighted by molar-refractivity contribution is 5.80. The lowest BCUT2D eigenvalue weighted by molar-refractivity contribution is -0.145. The Morgan fingerprint density at radius 3 is 2.36 bits per heavy atom. The highest BCUT2D eigenvalue weighted by Gasteiger charge is 2.33. The lowest BCUT2D eigenvalue weighted by atomic mass is 9.95. The molecule has 1 amide bonds. The number of ether oxygens (including phenoxy) is 2. The van der Waals surface area contributed by atoms with Crippen LogP contribution < -0.4 is 9.47 Å². The van der Waals surface area contributed by atoms with Crippen molar-refractivity contribution in [1.82, 2.24) is 4.90 Å². The lowest BCUT2D eigenvalue weighted by Crippen LogP contribution is -2.39. The minimum Gasteiger partial charge on any atom is -0.493 e. The van der Waals surface area contributed by atoms with Gasteiger partial charge < -0.3 is 14.4 Å². The molecule has 0 radical (unpaired) electrons. The van der Waals surface area contributed by atoms with Crippen molar-refractivity contribution in [2.45, 2.75) is 32.7 Å². The van der Waals surface area contributed by atoms with Crippen LogP contribution in [0.1, 0.15) is 31.0 Å². The highest BCUT2D eigenvalue weighted by Crippen LogP contribution is 2.38. The summed E-state index contributed by atoms with van der Waals surface area (Å²) >= 11 is 0. The molecule has 0 bridgehead atoms. The van der Waals surface area contributed by atoms with E-state index in [2.05, 4.69) is 0 Å². The maximum atomic E-state index is 12.9. The molecule has 0 spiro atoms.